The number of carbonyl (C=O) groups is 3. The molecule has 0 aromatic heterocycles. The van der Waals surface area contributed by atoms with Crippen molar-refractivity contribution >= 4 is 17.8 Å². The predicted molar refractivity (Wildman–Crippen MR) is 96.5 cm³/mol. The number of carboxylic acids is 1. The summed E-state index contributed by atoms with van der Waals surface area (Å²) in [5.74, 6) is -0.252. The number of likely N-dealkylation sites (tertiary alicyclic amines) is 1. The van der Waals surface area contributed by atoms with Crippen molar-refractivity contribution in [3.8, 4) is 0 Å². The zero-order chi connectivity index (χ0) is 18.7. The molecule has 1 heterocycles. The maximum Gasteiger partial charge on any atom is 0.314 e. The molecule has 0 spiro atoms. The molecule has 2 fully saturated rings. The molecular formula is C20H26N2O4. The summed E-state index contributed by atoms with van der Waals surface area (Å²) in [5.41, 5.74) is -0.126. The molecular weight excluding hydrogens is 332 g/mol. The summed E-state index contributed by atoms with van der Waals surface area (Å²) in [6.07, 6.45) is 2.01. The summed E-state index contributed by atoms with van der Waals surface area (Å²) in [7, 11) is 0. The predicted octanol–water partition coefficient (Wildman–Crippen LogP) is 1.79. The topological polar surface area (TPSA) is 86.7 Å². The third-order valence-electron chi connectivity index (χ3n) is 5.79. The Bertz CT molecular complexity index is 680. The zero-order valence-electron chi connectivity index (χ0n) is 15.1. The Kier molecular flexibility index (Phi) is 5.30. The lowest BCUT2D eigenvalue weighted by Crippen LogP contribution is -2.49. The number of piperidine rings is 1. The van der Waals surface area contributed by atoms with Crippen LogP contribution in [0.2, 0.25) is 0 Å². The van der Waals surface area contributed by atoms with Gasteiger partial charge in [0.2, 0.25) is 11.8 Å². The van der Waals surface area contributed by atoms with Gasteiger partial charge < -0.3 is 15.3 Å². The van der Waals surface area contributed by atoms with Crippen LogP contribution < -0.4 is 5.32 Å². The number of nitrogens with zero attached hydrogens (tertiary/aromatic N) is 1. The van der Waals surface area contributed by atoms with E-state index in [-0.39, 0.29) is 24.2 Å². The van der Waals surface area contributed by atoms with Crippen molar-refractivity contribution in [2.24, 2.45) is 11.8 Å². The molecule has 6 heteroatoms. The molecule has 2 amide bonds. The van der Waals surface area contributed by atoms with Crippen LogP contribution in [-0.4, -0.2) is 47.4 Å². The molecule has 140 valence electrons. The third kappa shape index (κ3) is 3.74. The van der Waals surface area contributed by atoms with Gasteiger partial charge in [-0.25, -0.2) is 0 Å². The molecule has 1 saturated carbocycles. The summed E-state index contributed by atoms with van der Waals surface area (Å²) < 4.78 is 0. The number of carbonyl (C=O) groups excluding carboxylic acids is 2. The number of benzene rings is 1. The van der Waals surface area contributed by atoms with Gasteiger partial charge in [-0.1, -0.05) is 37.3 Å². The zero-order valence-corrected chi connectivity index (χ0v) is 15.1. The molecule has 26 heavy (non-hydrogen) atoms. The second-order valence-corrected chi connectivity index (χ2v) is 7.49. The fourth-order valence-electron chi connectivity index (χ4n) is 3.79. The summed E-state index contributed by atoms with van der Waals surface area (Å²) >= 11 is 0. The molecule has 0 radical (unpaired) electrons. The highest BCUT2D eigenvalue weighted by molar-refractivity contribution is 5.84. The van der Waals surface area contributed by atoms with Crippen molar-refractivity contribution < 1.29 is 19.5 Å². The summed E-state index contributed by atoms with van der Waals surface area (Å²) in [6.45, 7) is 3.24. The van der Waals surface area contributed by atoms with Gasteiger partial charge in [-0.2, -0.15) is 0 Å². The largest absolute Gasteiger partial charge is 0.481 e. The Morgan fingerprint density at radius 3 is 2.35 bits per heavy atom. The minimum absolute atomic E-state index is 0.0267. The van der Waals surface area contributed by atoms with Crippen LogP contribution in [0.4, 0.5) is 0 Å². The third-order valence-corrected chi connectivity index (χ3v) is 5.79. The Balaban J connectivity index is 1.51. The summed E-state index contributed by atoms with van der Waals surface area (Å²) in [6, 6.07) is 9.26. The number of hydrogen-bond donors (Lipinski definition) is 2. The van der Waals surface area contributed by atoms with E-state index in [0.29, 0.717) is 38.4 Å². The van der Waals surface area contributed by atoms with Gasteiger partial charge in [0.25, 0.3) is 0 Å². The van der Waals surface area contributed by atoms with Gasteiger partial charge in [0.15, 0.2) is 0 Å². The van der Waals surface area contributed by atoms with E-state index in [1.807, 2.05) is 37.3 Å². The lowest BCUT2D eigenvalue weighted by atomic mass is 9.73. The van der Waals surface area contributed by atoms with Crippen molar-refractivity contribution in [2.45, 2.75) is 38.0 Å². The number of nitrogens with one attached hydrogen (secondary N) is 1. The molecule has 3 rings (SSSR count). The van der Waals surface area contributed by atoms with Gasteiger partial charge in [-0.3, -0.25) is 14.4 Å². The molecule has 1 aromatic rings. The van der Waals surface area contributed by atoms with Gasteiger partial charge >= 0.3 is 5.97 Å². The molecule has 2 aliphatic rings. The first-order valence-corrected chi connectivity index (χ1v) is 9.28. The van der Waals surface area contributed by atoms with Crippen LogP contribution in [0.5, 0.6) is 0 Å². The second-order valence-electron chi connectivity index (χ2n) is 7.49. The van der Waals surface area contributed by atoms with Crippen LogP contribution in [0.3, 0.4) is 0 Å². The van der Waals surface area contributed by atoms with Crippen LogP contribution in [0, 0.1) is 11.8 Å². The van der Waals surface area contributed by atoms with E-state index in [0.717, 1.165) is 12.0 Å². The molecule has 1 aliphatic carbocycles. The molecule has 0 bridgehead atoms. The lowest BCUT2D eigenvalue weighted by molar-refractivity contribution is -0.148. The molecule has 6 nitrogen and oxygen atoms in total. The first-order valence-electron chi connectivity index (χ1n) is 9.28. The molecule has 2 N–H and O–H groups in total. The number of hydrogen-bond acceptors (Lipinski definition) is 3. The highest BCUT2D eigenvalue weighted by atomic mass is 16.4. The van der Waals surface area contributed by atoms with Crippen molar-refractivity contribution in [3.63, 3.8) is 0 Å². The smallest absolute Gasteiger partial charge is 0.314 e. The van der Waals surface area contributed by atoms with Gasteiger partial charge in [0.1, 0.15) is 0 Å². The van der Waals surface area contributed by atoms with Crippen molar-refractivity contribution in [1.82, 2.24) is 10.2 Å². The highest BCUT2D eigenvalue weighted by Crippen LogP contribution is 2.38. The molecule has 2 atom stereocenters. The normalized spacial score (nSPS) is 24.0. The van der Waals surface area contributed by atoms with Crippen LogP contribution in [0.15, 0.2) is 30.3 Å². The van der Waals surface area contributed by atoms with E-state index < -0.39 is 11.4 Å². The van der Waals surface area contributed by atoms with Crippen molar-refractivity contribution in [1.29, 1.82) is 0 Å². The van der Waals surface area contributed by atoms with Gasteiger partial charge in [0, 0.05) is 32.0 Å². The van der Waals surface area contributed by atoms with E-state index in [2.05, 4.69) is 5.32 Å². The van der Waals surface area contributed by atoms with E-state index in [4.69, 9.17) is 0 Å². The number of rotatable bonds is 6. The average molecular weight is 358 g/mol. The fourth-order valence-corrected chi connectivity index (χ4v) is 3.79. The van der Waals surface area contributed by atoms with E-state index in [1.54, 1.807) is 4.90 Å². The minimum atomic E-state index is -0.922. The van der Waals surface area contributed by atoms with E-state index in [1.165, 1.54) is 0 Å². The van der Waals surface area contributed by atoms with Gasteiger partial charge in [0.05, 0.1) is 5.41 Å². The first kappa shape index (κ1) is 18.4. The van der Waals surface area contributed by atoms with Gasteiger partial charge in [-0.05, 0) is 30.7 Å². The van der Waals surface area contributed by atoms with Crippen LogP contribution in [0.25, 0.3) is 0 Å². The molecule has 1 aromatic carbocycles. The Hall–Kier alpha value is -2.37. The number of carboxylic acid groups (broad SMARTS) is 1. The van der Waals surface area contributed by atoms with Crippen molar-refractivity contribution in [3.05, 3.63) is 35.9 Å². The summed E-state index contributed by atoms with van der Waals surface area (Å²) in [4.78, 5) is 37.8. The Labute approximate surface area is 153 Å². The minimum Gasteiger partial charge on any atom is -0.481 e. The molecule has 1 aliphatic heterocycles. The number of amides is 2. The average Bonchev–Trinajstić information content (AvgIpc) is 3.39. The Morgan fingerprint density at radius 2 is 1.81 bits per heavy atom. The molecule has 1 saturated heterocycles. The monoisotopic (exact) mass is 358 g/mol. The lowest BCUT2D eigenvalue weighted by Gasteiger charge is -2.39. The standard InChI is InChI=1S/C20H26N2O4/c1-14-13-16(14)18(24)21-10-7-17(23)22-11-8-20(9-12-22,19(25)26)15-5-3-2-4-6-15/h2-6,14,16H,7-13H2,1H3,(H,21,24)(H,25,26). The van der Waals surface area contributed by atoms with Crippen LogP contribution in [0.1, 0.15) is 38.2 Å². The first-order chi connectivity index (χ1) is 12.4. The van der Waals surface area contributed by atoms with Crippen molar-refractivity contribution in [2.75, 3.05) is 19.6 Å². The highest BCUT2D eigenvalue weighted by Gasteiger charge is 2.43. The maximum absolute atomic E-state index is 12.4. The van der Waals surface area contributed by atoms with E-state index >= 15 is 0 Å². The van der Waals surface area contributed by atoms with E-state index in [9.17, 15) is 19.5 Å². The Morgan fingerprint density at radius 1 is 1.19 bits per heavy atom. The fraction of sp³-hybridized carbons (Fsp3) is 0.550. The second kappa shape index (κ2) is 7.48. The maximum atomic E-state index is 12.4. The molecule has 2 unspecified atom stereocenters. The quantitative estimate of drug-likeness (QED) is 0.812. The number of aliphatic carboxylic acids is 1. The van der Waals surface area contributed by atoms with Crippen LogP contribution >= 0.6 is 0 Å². The van der Waals surface area contributed by atoms with Crippen LogP contribution in [-0.2, 0) is 19.8 Å². The SMILES string of the molecule is CC1CC1C(=O)NCCC(=O)N1CCC(C(=O)O)(c2ccccc2)CC1. The summed E-state index contributed by atoms with van der Waals surface area (Å²) in [5, 5.41) is 12.6. The van der Waals surface area contributed by atoms with Gasteiger partial charge in [-0.15, -0.1) is 0 Å².